The molecule has 0 saturated heterocycles. The van der Waals surface area contributed by atoms with Crippen LogP contribution in [-0.2, 0) is 5.60 Å². The second-order valence-corrected chi connectivity index (χ2v) is 6.76. The highest BCUT2D eigenvalue weighted by Crippen LogP contribution is 2.48. The van der Waals surface area contributed by atoms with Crippen molar-refractivity contribution in [2.45, 2.75) is 39.2 Å². The van der Waals surface area contributed by atoms with Gasteiger partial charge in [0.15, 0.2) is 0 Å². The number of aromatic hydroxyl groups is 1. The quantitative estimate of drug-likeness (QED) is 0.619. The summed E-state index contributed by atoms with van der Waals surface area (Å²) >= 11 is 0. The number of allylic oxidation sites excluding steroid dienone is 2. The van der Waals surface area contributed by atoms with Gasteiger partial charge in [-0.25, -0.2) is 0 Å². The normalized spacial score (nSPS) is 18.1. The molecule has 0 aliphatic carbocycles. The van der Waals surface area contributed by atoms with Crippen molar-refractivity contribution in [3.8, 4) is 22.6 Å². The number of phenolic OH excluding ortho intramolecular Hbond substituents is 1. The zero-order valence-electron chi connectivity index (χ0n) is 14.3. The molecule has 3 heteroatoms. The maximum atomic E-state index is 11.2. The molecule has 3 nitrogen and oxygen atoms in total. The van der Waals surface area contributed by atoms with Crippen LogP contribution >= 0.6 is 0 Å². The van der Waals surface area contributed by atoms with E-state index >= 15 is 0 Å². The van der Waals surface area contributed by atoms with Crippen LogP contribution in [0.15, 0.2) is 48.0 Å². The van der Waals surface area contributed by atoms with Crippen LogP contribution in [0.25, 0.3) is 11.1 Å². The molecule has 1 aliphatic heterocycles. The average Bonchev–Trinajstić information content (AvgIpc) is 2.55. The third-order valence-electron chi connectivity index (χ3n) is 4.51. The van der Waals surface area contributed by atoms with Crippen LogP contribution in [0.4, 0.5) is 0 Å². The summed E-state index contributed by atoms with van der Waals surface area (Å²) in [7, 11) is 0. The molecule has 24 heavy (non-hydrogen) atoms. The zero-order valence-corrected chi connectivity index (χ0v) is 14.3. The van der Waals surface area contributed by atoms with E-state index in [1.807, 2.05) is 18.2 Å². The Kier molecular flexibility index (Phi) is 4.18. The van der Waals surface area contributed by atoms with Crippen LogP contribution < -0.4 is 4.74 Å². The summed E-state index contributed by atoms with van der Waals surface area (Å²) in [6.45, 7) is 6.26. The van der Waals surface area contributed by atoms with E-state index in [-0.39, 0.29) is 5.75 Å². The largest absolute Gasteiger partial charge is 0.508 e. The molecule has 0 amide bonds. The standard InChI is InChI=1S/C21H22O3/c1-14(2)5-4-10-21(3)19-8-6-15(13-22)11-17(19)18-12-16(23)7-9-20(18)24-21/h5-9,11-13,23H,4,10H2,1-3H3/t21-/m1/s1. The third-order valence-corrected chi connectivity index (χ3v) is 4.51. The van der Waals surface area contributed by atoms with Gasteiger partial charge in [-0.2, -0.15) is 0 Å². The van der Waals surface area contributed by atoms with Gasteiger partial charge in [-0.3, -0.25) is 4.79 Å². The van der Waals surface area contributed by atoms with Crippen molar-refractivity contribution in [3.05, 3.63) is 59.2 Å². The fraction of sp³-hybridized carbons (Fsp3) is 0.286. The number of phenols is 1. The van der Waals surface area contributed by atoms with Crippen molar-refractivity contribution in [3.63, 3.8) is 0 Å². The lowest BCUT2D eigenvalue weighted by molar-refractivity contribution is 0.0750. The van der Waals surface area contributed by atoms with E-state index in [0.717, 1.165) is 41.6 Å². The smallest absolute Gasteiger partial charge is 0.150 e. The molecule has 1 atom stereocenters. The highest BCUT2D eigenvalue weighted by molar-refractivity contribution is 5.84. The molecule has 1 aliphatic rings. The summed E-state index contributed by atoms with van der Waals surface area (Å²) in [5, 5.41) is 9.84. The van der Waals surface area contributed by atoms with Crippen LogP contribution in [-0.4, -0.2) is 11.4 Å². The van der Waals surface area contributed by atoms with E-state index in [1.165, 1.54) is 5.57 Å². The molecule has 0 spiro atoms. The molecule has 3 rings (SSSR count). The molecule has 2 aromatic carbocycles. The summed E-state index contributed by atoms with van der Waals surface area (Å²) in [6, 6.07) is 10.8. The molecule has 2 aromatic rings. The molecule has 0 aromatic heterocycles. The van der Waals surface area contributed by atoms with Gasteiger partial charge in [0.1, 0.15) is 23.4 Å². The molecular formula is C21H22O3. The molecule has 1 N–H and O–H groups in total. The van der Waals surface area contributed by atoms with Gasteiger partial charge in [-0.15, -0.1) is 0 Å². The second kappa shape index (κ2) is 6.16. The van der Waals surface area contributed by atoms with Gasteiger partial charge >= 0.3 is 0 Å². The van der Waals surface area contributed by atoms with Crippen molar-refractivity contribution in [1.29, 1.82) is 0 Å². The number of carbonyl (C=O) groups is 1. The fourth-order valence-electron chi connectivity index (χ4n) is 3.26. The number of rotatable bonds is 4. The molecule has 0 fully saturated rings. The summed E-state index contributed by atoms with van der Waals surface area (Å²) < 4.78 is 6.33. The maximum Gasteiger partial charge on any atom is 0.150 e. The lowest BCUT2D eigenvalue weighted by Crippen LogP contribution is -2.33. The summed E-state index contributed by atoms with van der Waals surface area (Å²) in [5.41, 5.74) is 4.28. The predicted molar refractivity (Wildman–Crippen MR) is 95.6 cm³/mol. The van der Waals surface area contributed by atoms with Gasteiger partial charge in [-0.05, 0) is 63.4 Å². The van der Waals surface area contributed by atoms with E-state index in [2.05, 4.69) is 26.8 Å². The van der Waals surface area contributed by atoms with Gasteiger partial charge < -0.3 is 9.84 Å². The van der Waals surface area contributed by atoms with Crippen molar-refractivity contribution < 1.29 is 14.6 Å². The Morgan fingerprint density at radius 3 is 2.67 bits per heavy atom. The lowest BCUT2D eigenvalue weighted by Gasteiger charge is -2.38. The first kappa shape index (κ1) is 16.3. The zero-order chi connectivity index (χ0) is 17.3. The lowest BCUT2D eigenvalue weighted by atomic mass is 9.81. The Morgan fingerprint density at radius 1 is 1.17 bits per heavy atom. The van der Waals surface area contributed by atoms with Crippen LogP contribution in [0.2, 0.25) is 0 Å². The fourth-order valence-corrected chi connectivity index (χ4v) is 3.26. The van der Waals surface area contributed by atoms with E-state index < -0.39 is 5.60 Å². The Balaban J connectivity index is 2.12. The van der Waals surface area contributed by atoms with E-state index in [4.69, 9.17) is 4.74 Å². The summed E-state index contributed by atoms with van der Waals surface area (Å²) in [4.78, 5) is 11.2. The number of ether oxygens (including phenoxy) is 1. The van der Waals surface area contributed by atoms with Crippen molar-refractivity contribution in [2.75, 3.05) is 0 Å². The van der Waals surface area contributed by atoms with Crippen LogP contribution in [0.5, 0.6) is 11.5 Å². The molecule has 0 saturated carbocycles. The van der Waals surface area contributed by atoms with E-state index in [1.54, 1.807) is 18.2 Å². The van der Waals surface area contributed by atoms with Gasteiger partial charge in [0, 0.05) is 16.7 Å². The number of aldehydes is 1. The van der Waals surface area contributed by atoms with Crippen LogP contribution in [0.1, 0.15) is 49.5 Å². The third kappa shape index (κ3) is 2.94. The Labute approximate surface area is 142 Å². The number of benzene rings is 2. The van der Waals surface area contributed by atoms with Crippen molar-refractivity contribution in [2.24, 2.45) is 0 Å². The van der Waals surface area contributed by atoms with Crippen LogP contribution in [0, 0.1) is 0 Å². The summed E-state index contributed by atoms with van der Waals surface area (Å²) in [5.74, 6) is 0.927. The Morgan fingerprint density at radius 2 is 1.96 bits per heavy atom. The SMILES string of the molecule is CC(C)=CCC[C@@]1(C)Oc2ccc(O)cc2-c2cc(C=O)ccc21. The summed E-state index contributed by atoms with van der Waals surface area (Å²) in [6.07, 6.45) is 4.81. The monoisotopic (exact) mass is 322 g/mol. The van der Waals surface area contributed by atoms with Gasteiger partial charge in [0.2, 0.25) is 0 Å². The first-order valence-corrected chi connectivity index (χ1v) is 8.18. The maximum absolute atomic E-state index is 11.2. The average molecular weight is 322 g/mol. The Bertz CT molecular complexity index is 816. The minimum absolute atomic E-state index is 0.188. The number of hydrogen-bond acceptors (Lipinski definition) is 3. The molecule has 0 bridgehead atoms. The second-order valence-electron chi connectivity index (χ2n) is 6.76. The highest BCUT2D eigenvalue weighted by atomic mass is 16.5. The van der Waals surface area contributed by atoms with E-state index in [9.17, 15) is 9.90 Å². The Hall–Kier alpha value is -2.55. The number of fused-ring (bicyclic) bond motifs is 3. The number of hydrogen-bond donors (Lipinski definition) is 1. The first-order valence-electron chi connectivity index (χ1n) is 8.18. The van der Waals surface area contributed by atoms with Crippen LogP contribution in [0.3, 0.4) is 0 Å². The highest BCUT2D eigenvalue weighted by Gasteiger charge is 2.36. The van der Waals surface area contributed by atoms with Crippen molar-refractivity contribution >= 4 is 6.29 Å². The van der Waals surface area contributed by atoms with Gasteiger partial charge in [0.25, 0.3) is 0 Å². The first-order chi connectivity index (χ1) is 11.4. The predicted octanol–water partition coefficient (Wildman–Crippen LogP) is 5.23. The van der Waals surface area contributed by atoms with Gasteiger partial charge in [0.05, 0.1) is 0 Å². The minimum atomic E-state index is -0.466. The topological polar surface area (TPSA) is 46.5 Å². The van der Waals surface area contributed by atoms with Gasteiger partial charge in [-0.1, -0.05) is 23.8 Å². The molecule has 1 heterocycles. The van der Waals surface area contributed by atoms with E-state index in [0.29, 0.717) is 5.56 Å². The minimum Gasteiger partial charge on any atom is -0.508 e. The number of carbonyl (C=O) groups excluding carboxylic acids is 1. The molecule has 0 radical (unpaired) electrons. The van der Waals surface area contributed by atoms with Crippen molar-refractivity contribution in [1.82, 2.24) is 0 Å². The molecular weight excluding hydrogens is 300 g/mol. The molecule has 0 unspecified atom stereocenters. The molecule has 124 valence electrons.